The molecular weight excluding hydrogens is 444 g/mol. The van der Waals surface area contributed by atoms with Gasteiger partial charge >= 0.3 is 5.97 Å². The van der Waals surface area contributed by atoms with Crippen molar-refractivity contribution in [3.8, 4) is 5.75 Å². The second kappa shape index (κ2) is 18.6. The molecule has 1 aliphatic heterocycles. The number of aliphatic hydroxyl groups is 2. The van der Waals surface area contributed by atoms with Gasteiger partial charge in [-0.2, -0.15) is 0 Å². The molecule has 1 saturated heterocycles. The van der Waals surface area contributed by atoms with E-state index in [1.165, 1.54) is 70.6 Å². The monoisotopic (exact) mass is 492 g/mol. The fourth-order valence-electron chi connectivity index (χ4n) is 4.39. The molecule has 0 aliphatic carbocycles. The molecule has 35 heavy (non-hydrogen) atoms. The Morgan fingerprint density at radius 3 is 2.11 bits per heavy atom. The van der Waals surface area contributed by atoms with E-state index in [1.807, 2.05) is 24.3 Å². The van der Waals surface area contributed by atoms with Gasteiger partial charge in [0.15, 0.2) is 6.29 Å². The third kappa shape index (κ3) is 13.9. The molecule has 1 aromatic carbocycles. The minimum absolute atomic E-state index is 0.0387. The summed E-state index contributed by atoms with van der Waals surface area (Å²) in [7, 11) is 0. The summed E-state index contributed by atoms with van der Waals surface area (Å²) in [6.45, 7) is 2.97. The number of ether oxygens (including phenoxy) is 3. The number of unbranched alkanes of at least 4 members (excludes halogenated alkanes) is 11. The maximum atomic E-state index is 12.0. The standard InChI is InChI=1S/C29H48O6/c1-2-3-4-5-6-7-8-9-10-11-12-13-22-33-25-17-14-24(15-18-25)16-20-28(31)34-23-27-26(30)19-21-29(32)35-27/h14-15,17-18,26-27,29-30,32H,2-13,16,19-23H2,1H3/t26-,27+,29+/m0/s1. The van der Waals surface area contributed by atoms with Crippen molar-refractivity contribution < 1.29 is 29.2 Å². The van der Waals surface area contributed by atoms with Crippen LogP contribution in [-0.4, -0.2) is 47.9 Å². The lowest BCUT2D eigenvalue weighted by atomic mass is 10.1. The molecule has 0 spiro atoms. The molecule has 3 atom stereocenters. The maximum absolute atomic E-state index is 12.0. The number of carbonyl (C=O) groups is 1. The Labute approximate surface area is 212 Å². The molecule has 1 heterocycles. The lowest BCUT2D eigenvalue weighted by Gasteiger charge is -2.30. The van der Waals surface area contributed by atoms with Crippen LogP contribution in [0.4, 0.5) is 0 Å². The average molecular weight is 493 g/mol. The first-order chi connectivity index (χ1) is 17.1. The predicted molar refractivity (Wildman–Crippen MR) is 138 cm³/mol. The first kappa shape index (κ1) is 29.6. The van der Waals surface area contributed by atoms with E-state index in [4.69, 9.17) is 14.2 Å². The molecule has 0 aromatic heterocycles. The van der Waals surface area contributed by atoms with Crippen molar-refractivity contribution in [1.29, 1.82) is 0 Å². The van der Waals surface area contributed by atoms with Gasteiger partial charge in [-0.3, -0.25) is 4.79 Å². The Hall–Kier alpha value is -1.63. The summed E-state index contributed by atoms with van der Waals surface area (Å²) in [4.78, 5) is 12.0. The predicted octanol–water partition coefficient (Wildman–Crippen LogP) is 6.10. The van der Waals surface area contributed by atoms with Gasteiger partial charge in [0, 0.05) is 12.8 Å². The highest BCUT2D eigenvalue weighted by atomic mass is 16.6. The van der Waals surface area contributed by atoms with Crippen molar-refractivity contribution in [2.75, 3.05) is 13.2 Å². The highest BCUT2D eigenvalue weighted by molar-refractivity contribution is 5.69. The van der Waals surface area contributed by atoms with Crippen molar-refractivity contribution in [1.82, 2.24) is 0 Å². The van der Waals surface area contributed by atoms with Crippen molar-refractivity contribution in [3.63, 3.8) is 0 Å². The molecule has 6 nitrogen and oxygen atoms in total. The molecule has 2 rings (SSSR count). The summed E-state index contributed by atoms with van der Waals surface area (Å²) in [6.07, 6.45) is 15.4. The van der Waals surface area contributed by atoms with Crippen LogP contribution in [0.1, 0.15) is 109 Å². The van der Waals surface area contributed by atoms with Crippen LogP contribution >= 0.6 is 0 Å². The number of carbonyl (C=O) groups excluding carboxylic acids is 1. The van der Waals surface area contributed by atoms with Gasteiger partial charge in [0.1, 0.15) is 18.5 Å². The van der Waals surface area contributed by atoms with Crippen LogP contribution in [0, 0.1) is 0 Å². The number of aliphatic hydroxyl groups excluding tert-OH is 2. The van der Waals surface area contributed by atoms with E-state index in [-0.39, 0.29) is 19.0 Å². The minimum Gasteiger partial charge on any atom is -0.494 e. The molecule has 0 unspecified atom stereocenters. The maximum Gasteiger partial charge on any atom is 0.306 e. The summed E-state index contributed by atoms with van der Waals surface area (Å²) in [6, 6.07) is 7.87. The third-order valence-corrected chi connectivity index (χ3v) is 6.69. The topological polar surface area (TPSA) is 85.2 Å². The fourth-order valence-corrected chi connectivity index (χ4v) is 4.39. The van der Waals surface area contributed by atoms with Crippen LogP contribution in [0.15, 0.2) is 24.3 Å². The van der Waals surface area contributed by atoms with E-state index >= 15 is 0 Å². The lowest BCUT2D eigenvalue weighted by Crippen LogP contribution is -2.42. The Morgan fingerprint density at radius 1 is 0.886 bits per heavy atom. The summed E-state index contributed by atoms with van der Waals surface area (Å²) >= 11 is 0. The minimum atomic E-state index is -0.900. The zero-order chi connectivity index (χ0) is 25.1. The zero-order valence-electron chi connectivity index (χ0n) is 21.8. The molecule has 1 fully saturated rings. The van der Waals surface area contributed by atoms with E-state index in [2.05, 4.69) is 6.92 Å². The average Bonchev–Trinajstić information content (AvgIpc) is 2.86. The number of aryl methyl sites for hydroxylation is 1. The van der Waals surface area contributed by atoms with Crippen LogP contribution in [0.5, 0.6) is 5.75 Å². The fraction of sp³-hybridized carbons (Fsp3) is 0.759. The van der Waals surface area contributed by atoms with Gasteiger partial charge in [-0.05, 0) is 37.0 Å². The SMILES string of the molecule is CCCCCCCCCCCCCCOc1ccc(CCC(=O)OC[C@H]2O[C@@H](O)CC[C@@H]2O)cc1. The largest absolute Gasteiger partial charge is 0.494 e. The lowest BCUT2D eigenvalue weighted by molar-refractivity contribution is -0.212. The number of hydrogen-bond acceptors (Lipinski definition) is 6. The quantitative estimate of drug-likeness (QED) is 0.179. The highest BCUT2D eigenvalue weighted by Gasteiger charge is 2.29. The van der Waals surface area contributed by atoms with Gasteiger partial charge in [0.2, 0.25) is 0 Å². The Morgan fingerprint density at radius 2 is 1.49 bits per heavy atom. The van der Waals surface area contributed by atoms with Gasteiger partial charge in [0.25, 0.3) is 0 Å². The molecule has 0 saturated carbocycles. The zero-order valence-corrected chi connectivity index (χ0v) is 21.8. The van der Waals surface area contributed by atoms with Crippen LogP contribution in [0.25, 0.3) is 0 Å². The van der Waals surface area contributed by atoms with Crippen molar-refractivity contribution in [3.05, 3.63) is 29.8 Å². The Bertz CT molecular complexity index is 662. The summed E-state index contributed by atoms with van der Waals surface area (Å²) < 4.78 is 16.3. The molecular formula is C29H48O6. The van der Waals surface area contributed by atoms with Gasteiger partial charge < -0.3 is 24.4 Å². The van der Waals surface area contributed by atoms with Crippen molar-refractivity contribution in [2.24, 2.45) is 0 Å². The molecule has 6 heteroatoms. The van der Waals surface area contributed by atoms with E-state index in [9.17, 15) is 15.0 Å². The summed E-state index contributed by atoms with van der Waals surface area (Å²) in [5, 5.41) is 19.4. The van der Waals surface area contributed by atoms with Gasteiger partial charge in [-0.15, -0.1) is 0 Å². The molecule has 0 radical (unpaired) electrons. The number of rotatable bonds is 19. The molecule has 0 amide bonds. The van der Waals surface area contributed by atoms with E-state index in [0.29, 0.717) is 19.3 Å². The highest BCUT2D eigenvalue weighted by Crippen LogP contribution is 2.19. The summed E-state index contributed by atoms with van der Waals surface area (Å²) in [5.74, 6) is 0.523. The van der Waals surface area contributed by atoms with Gasteiger partial charge in [-0.1, -0.05) is 89.7 Å². The first-order valence-corrected chi connectivity index (χ1v) is 14.0. The normalized spacial score (nSPS) is 20.0. The molecule has 1 aromatic rings. The molecule has 0 bridgehead atoms. The van der Waals surface area contributed by atoms with Gasteiger partial charge in [-0.25, -0.2) is 0 Å². The molecule has 2 N–H and O–H groups in total. The number of benzene rings is 1. The molecule has 200 valence electrons. The van der Waals surface area contributed by atoms with Crippen LogP contribution < -0.4 is 4.74 Å². The van der Waals surface area contributed by atoms with Crippen LogP contribution in [0.2, 0.25) is 0 Å². The second-order valence-corrected chi connectivity index (χ2v) is 9.84. The van der Waals surface area contributed by atoms with Crippen LogP contribution in [0.3, 0.4) is 0 Å². The summed E-state index contributed by atoms with van der Waals surface area (Å²) in [5.41, 5.74) is 1.05. The van der Waals surface area contributed by atoms with Crippen LogP contribution in [-0.2, 0) is 20.7 Å². The number of hydrogen-bond donors (Lipinski definition) is 2. The Kier molecular flexibility index (Phi) is 15.7. The second-order valence-electron chi connectivity index (χ2n) is 9.84. The van der Waals surface area contributed by atoms with Crippen molar-refractivity contribution >= 4 is 5.97 Å². The first-order valence-electron chi connectivity index (χ1n) is 14.0. The molecule has 1 aliphatic rings. The smallest absolute Gasteiger partial charge is 0.306 e. The van der Waals surface area contributed by atoms with E-state index < -0.39 is 18.5 Å². The van der Waals surface area contributed by atoms with E-state index in [1.54, 1.807) is 0 Å². The number of esters is 1. The Balaban J connectivity index is 1.45. The van der Waals surface area contributed by atoms with E-state index in [0.717, 1.165) is 24.3 Å². The van der Waals surface area contributed by atoms with Crippen molar-refractivity contribution in [2.45, 2.75) is 128 Å². The van der Waals surface area contributed by atoms with Gasteiger partial charge in [0.05, 0.1) is 12.7 Å². The third-order valence-electron chi connectivity index (χ3n) is 6.69.